The van der Waals surface area contributed by atoms with Gasteiger partial charge in [0.25, 0.3) is 5.91 Å². The van der Waals surface area contributed by atoms with Crippen molar-refractivity contribution in [2.45, 2.75) is 54.9 Å². The molecule has 1 heterocycles. The number of para-hydroxylation sites is 1. The molecule has 2 aromatic rings. The second-order valence-electron chi connectivity index (χ2n) is 9.89. The minimum absolute atomic E-state index is 0.0880. The summed E-state index contributed by atoms with van der Waals surface area (Å²) in [5.41, 5.74) is 6.82. The molecule has 3 nitrogen and oxygen atoms in total. The zero-order chi connectivity index (χ0) is 22.5. The van der Waals surface area contributed by atoms with Gasteiger partial charge in [0.15, 0.2) is 0 Å². The first-order chi connectivity index (χ1) is 14.0. The largest absolute Gasteiger partial charge is 0.294 e. The quantitative estimate of drug-likeness (QED) is 0.526. The average Bonchev–Trinajstić information content (AvgIpc) is 2.89. The molecule has 0 saturated heterocycles. The van der Waals surface area contributed by atoms with Gasteiger partial charge in [-0.15, -0.1) is 0 Å². The van der Waals surface area contributed by atoms with Crippen LogP contribution in [0.2, 0.25) is 0 Å². The predicted molar refractivity (Wildman–Crippen MR) is 131 cm³/mol. The molecule has 2 aromatic carbocycles. The van der Waals surface area contributed by atoms with Gasteiger partial charge in [-0.05, 0) is 62.5 Å². The van der Waals surface area contributed by atoms with Crippen LogP contribution < -0.4 is 4.90 Å². The summed E-state index contributed by atoms with van der Waals surface area (Å²) in [7, 11) is 2.06. The minimum Gasteiger partial charge on any atom is -0.294 e. The molecular weight excluding hydrogens is 368 g/mol. The lowest BCUT2D eigenvalue weighted by atomic mass is 10.00. The summed E-state index contributed by atoms with van der Waals surface area (Å²) in [4.78, 5) is 17.2. The third-order valence-corrected chi connectivity index (χ3v) is 4.68. The summed E-state index contributed by atoms with van der Waals surface area (Å²) >= 11 is 0. The molecule has 1 aliphatic heterocycles. The number of nitrogens with zero attached hydrogens (tertiary/aromatic N) is 2. The van der Waals surface area contributed by atoms with Crippen molar-refractivity contribution in [1.82, 2.24) is 4.90 Å². The molecule has 0 atom stereocenters. The lowest BCUT2D eigenvalue weighted by molar-refractivity contribution is -0.113. The number of carbonyl (C=O) groups excluding carboxylic acids is 1. The Labute approximate surface area is 183 Å². The average molecular weight is 407 g/mol. The zero-order valence-electron chi connectivity index (χ0n) is 20.0. The normalized spacial score (nSPS) is 14.8. The van der Waals surface area contributed by atoms with Gasteiger partial charge in [-0.3, -0.25) is 14.6 Å². The van der Waals surface area contributed by atoms with Crippen molar-refractivity contribution in [3.05, 3.63) is 64.7 Å². The van der Waals surface area contributed by atoms with Crippen LogP contribution in [-0.2, 0) is 4.79 Å². The van der Waals surface area contributed by atoms with Crippen molar-refractivity contribution in [2.75, 3.05) is 25.2 Å². The first-order valence-corrected chi connectivity index (χ1v) is 10.9. The molecule has 0 unspecified atom stereocenters. The van der Waals surface area contributed by atoms with Crippen molar-refractivity contribution in [1.29, 1.82) is 0 Å². The summed E-state index contributed by atoms with van der Waals surface area (Å²) in [6.07, 6.45) is 3.12. The van der Waals surface area contributed by atoms with Crippen LogP contribution in [0.3, 0.4) is 0 Å². The van der Waals surface area contributed by atoms with Gasteiger partial charge < -0.3 is 0 Å². The molecule has 1 amide bonds. The molecule has 0 radical (unpaired) electrons. The molecule has 0 bridgehead atoms. The topological polar surface area (TPSA) is 23.6 Å². The van der Waals surface area contributed by atoms with Crippen LogP contribution in [0.1, 0.15) is 63.3 Å². The molecule has 0 spiro atoms. The van der Waals surface area contributed by atoms with Gasteiger partial charge >= 0.3 is 0 Å². The Morgan fingerprint density at radius 3 is 2.30 bits per heavy atom. The molecular formula is C27H38N2O. The standard InChI is InChI=1S/C22H26N2O.C5H12/c1-5-12-23(4)15-24-21-9-7-6-8-19(21)20(22(24)25)14-18-13-16(2)10-11-17(18)3;1-5(2,3)4/h6-11,13-14H,5,12,15H2,1-4H3;1-4H3/b20-14+;. The first-order valence-electron chi connectivity index (χ1n) is 10.9. The summed E-state index contributed by atoms with van der Waals surface area (Å²) < 4.78 is 0. The number of hydrogen-bond donors (Lipinski definition) is 0. The molecule has 0 aliphatic carbocycles. The molecule has 0 N–H and O–H groups in total. The molecule has 0 fully saturated rings. The molecule has 162 valence electrons. The second kappa shape index (κ2) is 10.1. The summed E-state index contributed by atoms with van der Waals surface area (Å²) in [6, 6.07) is 14.4. The van der Waals surface area contributed by atoms with E-state index in [-0.39, 0.29) is 5.91 Å². The van der Waals surface area contributed by atoms with E-state index in [2.05, 4.69) is 78.6 Å². The van der Waals surface area contributed by atoms with E-state index in [0.29, 0.717) is 12.1 Å². The number of amides is 1. The van der Waals surface area contributed by atoms with E-state index in [1.54, 1.807) is 0 Å². The van der Waals surface area contributed by atoms with Gasteiger partial charge in [0, 0.05) is 11.1 Å². The van der Waals surface area contributed by atoms with Crippen LogP contribution in [0.15, 0.2) is 42.5 Å². The monoisotopic (exact) mass is 406 g/mol. The third-order valence-electron chi connectivity index (χ3n) is 4.68. The van der Waals surface area contributed by atoms with Crippen LogP contribution in [0.25, 0.3) is 11.6 Å². The van der Waals surface area contributed by atoms with Crippen LogP contribution in [0, 0.1) is 19.3 Å². The van der Waals surface area contributed by atoms with Crippen LogP contribution in [-0.4, -0.2) is 31.1 Å². The maximum absolute atomic E-state index is 13.1. The number of rotatable bonds is 5. The second-order valence-corrected chi connectivity index (χ2v) is 9.89. The fourth-order valence-corrected chi connectivity index (χ4v) is 3.35. The third kappa shape index (κ3) is 6.56. The van der Waals surface area contributed by atoms with E-state index >= 15 is 0 Å². The van der Waals surface area contributed by atoms with Crippen molar-refractivity contribution in [2.24, 2.45) is 5.41 Å². The van der Waals surface area contributed by atoms with Gasteiger partial charge in [0.2, 0.25) is 0 Å². The highest BCUT2D eigenvalue weighted by Crippen LogP contribution is 2.38. The highest BCUT2D eigenvalue weighted by Gasteiger charge is 2.32. The highest BCUT2D eigenvalue weighted by molar-refractivity contribution is 6.35. The summed E-state index contributed by atoms with van der Waals surface area (Å²) in [5, 5.41) is 0. The number of carbonyl (C=O) groups is 1. The van der Waals surface area contributed by atoms with Crippen LogP contribution in [0.4, 0.5) is 5.69 Å². The van der Waals surface area contributed by atoms with Gasteiger partial charge in [0.05, 0.1) is 12.4 Å². The van der Waals surface area contributed by atoms with E-state index in [1.165, 1.54) is 11.1 Å². The lowest BCUT2D eigenvalue weighted by Crippen LogP contribution is -2.37. The predicted octanol–water partition coefficient (Wildman–Crippen LogP) is 6.54. The van der Waals surface area contributed by atoms with E-state index in [0.717, 1.165) is 35.4 Å². The number of benzene rings is 2. The smallest absolute Gasteiger partial charge is 0.260 e. The van der Waals surface area contributed by atoms with Gasteiger partial charge in [-0.1, -0.05) is 76.6 Å². The zero-order valence-corrected chi connectivity index (χ0v) is 20.0. The van der Waals surface area contributed by atoms with Gasteiger partial charge in [-0.25, -0.2) is 0 Å². The lowest BCUT2D eigenvalue weighted by Gasteiger charge is -2.24. The maximum atomic E-state index is 13.1. The van der Waals surface area contributed by atoms with Crippen LogP contribution >= 0.6 is 0 Å². The van der Waals surface area contributed by atoms with Crippen LogP contribution in [0.5, 0.6) is 0 Å². The van der Waals surface area contributed by atoms with Crippen molar-refractivity contribution in [3.8, 4) is 0 Å². The Hall–Kier alpha value is -2.39. The van der Waals surface area contributed by atoms with Crippen molar-refractivity contribution in [3.63, 3.8) is 0 Å². The fourth-order valence-electron chi connectivity index (χ4n) is 3.35. The molecule has 3 heteroatoms. The molecule has 3 rings (SSSR count). The highest BCUT2D eigenvalue weighted by atomic mass is 16.2. The van der Waals surface area contributed by atoms with E-state index < -0.39 is 0 Å². The molecule has 0 saturated carbocycles. The minimum atomic E-state index is 0.0880. The van der Waals surface area contributed by atoms with E-state index in [1.807, 2.05) is 35.2 Å². The number of anilines is 1. The van der Waals surface area contributed by atoms with E-state index in [4.69, 9.17) is 0 Å². The van der Waals surface area contributed by atoms with E-state index in [9.17, 15) is 4.79 Å². The number of hydrogen-bond acceptors (Lipinski definition) is 2. The Kier molecular flexibility index (Phi) is 8.03. The first kappa shape index (κ1) is 23.9. The Morgan fingerprint density at radius 2 is 1.67 bits per heavy atom. The Morgan fingerprint density at radius 1 is 1.03 bits per heavy atom. The SMILES string of the molecule is CC(C)(C)C.CCCN(C)CN1C(=O)/C(=C/c2cc(C)ccc2C)c2ccccc21. The van der Waals surface area contributed by atoms with Crippen molar-refractivity contribution >= 4 is 23.2 Å². The number of aryl methyl sites for hydroxylation is 2. The molecule has 1 aliphatic rings. The number of fused-ring (bicyclic) bond motifs is 1. The summed E-state index contributed by atoms with van der Waals surface area (Å²) in [6.45, 7) is 16.7. The molecule has 30 heavy (non-hydrogen) atoms. The van der Waals surface area contributed by atoms with Gasteiger partial charge in [0.1, 0.15) is 0 Å². The van der Waals surface area contributed by atoms with Gasteiger partial charge in [-0.2, -0.15) is 0 Å². The Balaban J connectivity index is 0.000000575. The summed E-state index contributed by atoms with van der Waals surface area (Å²) in [5.74, 6) is 0.0880. The fraction of sp³-hybridized carbons (Fsp3) is 0.444. The van der Waals surface area contributed by atoms with Crippen molar-refractivity contribution < 1.29 is 4.79 Å². The maximum Gasteiger partial charge on any atom is 0.260 e. The Bertz CT molecular complexity index is 899. The molecule has 0 aromatic heterocycles.